The predicted octanol–water partition coefficient (Wildman–Crippen LogP) is 3.37. The summed E-state index contributed by atoms with van der Waals surface area (Å²) in [5, 5.41) is 0. The molecule has 2 heterocycles. The molecule has 0 radical (unpaired) electrons. The van der Waals surface area contributed by atoms with E-state index in [1.165, 1.54) is 23.8 Å². The first-order valence-corrected chi connectivity index (χ1v) is 10.0. The van der Waals surface area contributed by atoms with Gasteiger partial charge >= 0.3 is 5.97 Å². The fraction of sp³-hybridized carbons (Fsp3) is 0.591. The van der Waals surface area contributed by atoms with Crippen molar-refractivity contribution in [1.82, 2.24) is 9.80 Å². The van der Waals surface area contributed by atoms with Crippen LogP contribution >= 0.6 is 0 Å². The van der Waals surface area contributed by atoms with Gasteiger partial charge in [0.15, 0.2) is 0 Å². The summed E-state index contributed by atoms with van der Waals surface area (Å²) in [7, 11) is 1.48. The second-order valence-electron chi connectivity index (χ2n) is 7.64. The fourth-order valence-electron chi connectivity index (χ4n) is 4.00. The Morgan fingerprint density at radius 2 is 2.19 bits per heavy atom. The zero-order valence-electron chi connectivity index (χ0n) is 16.9. The van der Waals surface area contributed by atoms with Gasteiger partial charge in [-0.05, 0) is 50.9 Å². The molecule has 0 amide bonds. The van der Waals surface area contributed by atoms with Gasteiger partial charge < -0.3 is 9.47 Å². The van der Waals surface area contributed by atoms with E-state index in [0.29, 0.717) is 0 Å². The molecular weight excluding hydrogens is 340 g/mol. The van der Waals surface area contributed by atoms with Crippen molar-refractivity contribution in [2.75, 3.05) is 33.4 Å². The Labute approximate surface area is 162 Å². The van der Waals surface area contributed by atoms with Gasteiger partial charge in [-0.3, -0.25) is 14.6 Å². The van der Waals surface area contributed by atoms with Crippen LogP contribution in [0.5, 0.6) is 5.75 Å². The van der Waals surface area contributed by atoms with Crippen LogP contribution in [0.15, 0.2) is 29.8 Å². The number of hydrogen-bond donors (Lipinski definition) is 0. The van der Waals surface area contributed by atoms with Crippen LogP contribution in [0.2, 0.25) is 0 Å². The molecule has 1 fully saturated rings. The van der Waals surface area contributed by atoms with Crippen molar-refractivity contribution in [3.05, 3.63) is 41.0 Å². The Kier molecular flexibility index (Phi) is 6.91. The number of benzene rings is 1. The van der Waals surface area contributed by atoms with E-state index in [1.807, 2.05) is 0 Å². The maximum Gasteiger partial charge on any atom is 0.323 e. The van der Waals surface area contributed by atoms with Gasteiger partial charge in [0, 0.05) is 31.7 Å². The van der Waals surface area contributed by atoms with Crippen LogP contribution in [0.25, 0.3) is 0 Å². The Morgan fingerprint density at radius 1 is 1.33 bits per heavy atom. The Morgan fingerprint density at radius 3 is 2.96 bits per heavy atom. The Bertz CT molecular complexity index is 686. The minimum absolute atomic E-state index is 0.110. The number of carbonyl (C=O) groups is 1. The highest BCUT2D eigenvalue weighted by Gasteiger charge is 2.29. The van der Waals surface area contributed by atoms with E-state index >= 15 is 0 Å². The predicted molar refractivity (Wildman–Crippen MR) is 107 cm³/mol. The summed E-state index contributed by atoms with van der Waals surface area (Å²) in [6.07, 6.45) is 5.29. The number of fused-ring (bicyclic) bond motifs is 1. The van der Waals surface area contributed by atoms with Gasteiger partial charge in [-0.1, -0.05) is 24.1 Å². The molecule has 0 bridgehead atoms. The molecule has 0 aromatic heterocycles. The lowest BCUT2D eigenvalue weighted by molar-refractivity contribution is -0.148. The molecule has 5 heteroatoms. The average molecular weight is 373 g/mol. The largest absolute Gasteiger partial charge is 0.492 e. The smallest absolute Gasteiger partial charge is 0.323 e. The number of nitrogens with zero attached hydrogens (tertiary/aromatic N) is 2. The molecule has 0 saturated carbocycles. The number of ether oxygens (including phenoxy) is 2. The summed E-state index contributed by atoms with van der Waals surface area (Å²) in [4.78, 5) is 16.8. The third-order valence-electron chi connectivity index (χ3n) is 5.62. The number of carbonyl (C=O) groups excluding carboxylic acids is 1. The van der Waals surface area contributed by atoms with Crippen molar-refractivity contribution in [1.29, 1.82) is 0 Å². The SMILES string of the molecule is C/C=C(\C)CN1CCOc2ccc(CN3CCCC[C@H]3C(=O)OC)cc2C1. The molecule has 1 saturated heterocycles. The maximum atomic E-state index is 12.1. The first-order chi connectivity index (χ1) is 13.1. The summed E-state index contributed by atoms with van der Waals surface area (Å²) >= 11 is 0. The van der Waals surface area contributed by atoms with Gasteiger partial charge in [0.2, 0.25) is 0 Å². The number of likely N-dealkylation sites (tertiary alicyclic amines) is 1. The van der Waals surface area contributed by atoms with E-state index < -0.39 is 0 Å². The molecule has 1 atom stereocenters. The summed E-state index contributed by atoms with van der Waals surface area (Å²) in [6.45, 7) is 9.51. The zero-order chi connectivity index (χ0) is 19.2. The van der Waals surface area contributed by atoms with Crippen molar-refractivity contribution in [3.63, 3.8) is 0 Å². The molecular formula is C22H32N2O3. The van der Waals surface area contributed by atoms with Crippen molar-refractivity contribution >= 4 is 5.97 Å². The Balaban J connectivity index is 1.73. The fourth-order valence-corrected chi connectivity index (χ4v) is 4.00. The number of methoxy groups -OCH3 is 1. The van der Waals surface area contributed by atoms with Crippen LogP contribution in [0.4, 0.5) is 0 Å². The number of allylic oxidation sites excluding steroid dienone is 1. The summed E-state index contributed by atoms with van der Waals surface area (Å²) in [6, 6.07) is 6.36. The molecule has 0 N–H and O–H groups in total. The monoisotopic (exact) mass is 372 g/mol. The lowest BCUT2D eigenvalue weighted by atomic mass is 10.0. The van der Waals surface area contributed by atoms with Crippen molar-refractivity contribution in [2.24, 2.45) is 0 Å². The molecule has 2 aliphatic rings. The summed E-state index contributed by atoms with van der Waals surface area (Å²) < 4.78 is 11.0. The maximum absolute atomic E-state index is 12.1. The average Bonchev–Trinajstić information content (AvgIpc) is 2.88. The van der Waals surface area contributed by atoms with Gasteiger partial charge in [0.25, 0.3) is 0 Å². The molecule has 148 valence electrons. The summed E-state index contributed by atoms with van der Waals surface area (Å²) in [5.74, 6) is 0.878. The van der Waals surface area contributed by atoms with Crippen LogP contribution in [0.3, 0.4) is 0 Å². The van der Waals surface area contributed by atoms with Gasteiger partial charge in [-0.2, -0.15) is 0 Å². The van der Waals surface area contributed by atoms with E-state index in [4.69, 9.17) is 9.47 Å². The minimum atomic E-state index is -0.118. The van der Waals surface area contributed by atoms with E-state index in [9.17, 15) is 4.79 Å². The van der Waals surface area contributed by atoms with E-state index in [-0.39, 0.29) is 12.0 Å². The number of piperidine rings is 1. The van der Waals surface area contributed by atoms with Gasteiger partial charge in [-0.15, -0.1) is 0 Å². The Hall–Kier alpha value is -1.85. The number of rotatable bonds is 5. The normalized spacial score (nSPS) is 21.9. The van der Waals surface area contributed by atoms with E-state index in [0.717, 1.165) is 64.3 Å². The van der Waals surface area contributed by atoms with Crippen LogP contribution in [0, 0.1) is 0 Å². The second-order valence-corrected chi connectivity index (χ2v) is 7.64. The molecule has 2 aliphatic heterocycles. The lowest BCUT2D eigenvalue weighted by Crippen LogP contribution is -2.44. The molecule has 1 aromatic carbocycles. The third kappa shape index (κ3) is 5.11. The van der Waals surface area contributed by atoms with Gasteiger partial charge in [0.1, 0.15) is 18.4 Å². The van der Waals surface area contributed by atoms with Crippen molar-refractivity contribution in [3.8, 4) is 5.75 Å². The first kappa shape index (κ1) is 19.9. The van der Waals surface area contributed by atoms with Crippen LogP contribution in [-0.4, -0.2) is 55.2 Å². The molecule has 0 spiro atoms. The topological polar surface area (TPSA) is 42.0 Å². The highest BCUT2D eigenvalue weighted by atomic mass is 16.5. The second kappa shape index (κ2) is 9.38. The van der Waals surface area contributed by atoms with Gasteiger partial charge in [-0.25, -0.2) is 0 Å². The van der Waals surface area contributed by atoms with Crippen LogP contribution in [0.1, 0.15) is 44.2 Å². The highest BCUT2D eigenvalue weighted by molar-refractivity contribution is 5.75. The molecule has 3 rings (SSSR count). The quantitative estimate of drug-likeness (QED) is 0.586. The lowest BCUT2D eigenvalue weighted by Gasteiger charge is -2.33. The zero-order valence-corrected chi connectivity index (χ0v) is 16.9. The van der Waals surface area contributed by atoms with E-state index in [1.54, 1.807) is 0 Å². The van der Waals surface area contributed by atoms with Crippen molar-refractivity contribution in [2.45, 2.75) is 52.2 Å². The molecule has 1 aromatic rings. The highest BCUT2D eigenvalue weighted by Crippen LogP contribution is 2.27. The summed E-state index contributed by atoms with van der Waals surface area (Å²) in [5.41, 5.74) is 3.85. The first-order valence-electron chi connectivity index (χ1n) is 10.0. The van der Waals surface area contributed by atoms with Crippen molar-refractivity contribution < 1.29 is 14.3 Å². The number of hydrogen-bond acceptors (Lipinski definition) is 5. The molecule has 0 unspecified atom stereocenters. The van der Waals surface area contributed by atoms with Crippen LogP contribution in [-0.2, 0) is 22.6 Å². The van der Waals surface area contributed by atoms with Gasteiger partial charge in [0.05, 0.1) is 7.11 Å². The molecule has 27 heavy (non-hydrogen) atoms. The standard InChI is InChI=1S/C22H32N2O3/c1-4-17(2)14-23-11-12-27-21-9-8-18(13-19(21)16-23)15-24-10-6-5-7-20(24)22(25)26-3/h4,8-9,13,20H,5-7,10-12,14-16H2,1-3H3/b17-4+/t20-/m0/s1. The molecule has 0 aliphatic carbocycles. The van der Waals surface area contributed by atoms with Crippen LogP contribution < -0.4 is 4.74 Å². The van der Waals surface area contributed by atoms with E-state index in [2.05, 4.69) is 47.9 Å². The minimum Gasteiger partial charge on any atom is -0.492 e. The number of esters is 1. The third-order valence-corrected chi connectivity index (χ3v) is 5.62. The molecule has 5 nitrogen and oxygen atoms in total.